The van der Waals surface area contributed by atoms with Gasteiger partial charge in [0.2, 0.25) is 0 Å². The quantitative estimate of drug-likeness (QED) is 0.314. The summed E-state index contributed by atoms with van der Waals surface area (Å²) in [5, 5.41) is 8.13. The maximum absolute atomic E-state index is 14.0. The van der Waals surface area contributed by atoms with E-state index in [1.165, 1.54) is 4.09 Å². The fraction of sp³-hybridized carbons (Fsp3) is 0.258. The van der Waals surface area contributed by atoms with Gasteiger partial charge in [-0.3, -0.25) is 0 Å². The molecule has 4 aromatic rings. The number of hydrogen-bond acceptors (Lipinski definition) is 6. The molecule has 1 N–H and O–H groups in total. The molecule has 200 valence electrons. The first kappa shape index (κ1) is 25.2. The van der Waals surface area contributed by atoms with Gasteiger partial charge in [0.25, 0.3) is 10.0 Å². The number of aryl methyl sites for hydroxylation is 1. The summed E-state index contributed by atoms with van der Waals surface area (Å²) in [5.41, 5.74) is 3.78. The summed E-state index contributed by atoms with van der Waals surface area (Å²) < 4.78 is 40.4. The monoisotopic (exact) mass is 541 g/mol. The van der Waals surface area contributed by atoms with Gasteiger partial charge in [-0.1, -0.05) is 66.2 Å². The number of nitrogens with one attached hydrogen (secondary N) is 1. The second-order valence-corrected chi connectivity index (χ2v) is 12.0. The summed E-state index contributed by atoms with van der Waals surface area (Å²) in [5.74, 6) is 1.85. The molecule has 6 rings (SSSR count). The van der Waals surface area contributed by atoms with E-state index in [4.69, 9.17) is 9.47 Å². The number of hydrogen-bond donors (Lipinski definition) is 1. The first-order valence-electron chi connectivity index (χ1n) is 13.0. The molecule has 0 radical (unpaired) electrons. The predicted octanol–water partition coefficient (Wildman–Crippen LogP) is 5.58. The number of allylic oxidation sites excluding steroid dienone is 1. The van der Waals surface area contributed by atoms with Crippen LogP contribution in [0.1, 0.15) is 40.8 Å². The average molecular weight is 542 g/mol. The lowest BCUT2D eigenvalue weighted by Crippen LogP contribution is -2.32. The van der Waals surface area contributed by atoms with Gasteiger partial charge in [0.15, 0.2) is 17.3 Å². The molecule has 0 saturated heterocycles. The second kappa shape index (κ2) is 9.61. The number of anilines is 1. The Bertz CT molecular complexity index is 1660. The van der Waals surface area contributed by atoms with E-state index >= 15 is 0 Å². The summed E-state index contributed by atoms with van der Waals surface area (Å²) in [4.78, 5) is 0.211. The Morgan fingerprint density at radius 2 is 1.64 bits per heavy atom. The third-order valence-corrected chi connectivity index (χ3v) is 9.25. The zero-order valence-electron chi connectivity index (χ0n) is 22.2. The Morgan fingerprint density at radius 3 is 2.31 bits per heavy atom. The summed E-state index contributed by atoms with van der Waals surface area (Å²) in [6, 6.07) is 23.2. The van der Waals surface area contributed by atoms with E-state index in [0.29, 0.717) is 35.5 Å². The molecule has 2 aliphatic carbocycles. The summed E-state index contributed by atoms with van der Waals surface area (Å²) >= 11 is 0. The van der Waals surface area contributed by atoms with E-state index < -0.39 is 15.4 Å². The third kappa shape index (κ3) is 4.38. The van der Waals surface area contributed by atoms with E-state index in [1.807, 2.05) is 61.5 Å². The summed E-state index contributed by atoms with van der Waals surface area (Å²) in [7, 11) is -0.716. The number of methoxy groups -OCH3 is 2. The summed E-state index contributed by atoms with van der Waals surface area (Å²) in [6.07, 6.45) is 6.67. The van der Waals surface area contributed by atoms with Crippen LogP contribution in [0.3, 0.4) is 0 Å². The van der Waals surface area contributed by atoms with Crippen LogP contribution in [0.15, 0.2) is 83.8 Å². The molecule has 1 fully saturated rings. The normalized spacial score (nSPS) is 18.4. The van der Waals surface area contributed by atoms with Crippen LogP contribution in [0.2, 0.25) is 0 Å². The molecular formula is C31H31N3O4S. The molecule has 8 heteroatoms. The average Bonchev–Trinajstić information content (AvgIpc) is 3.72. The molecular weight excluding hydrogens is 510 g/mol. The van der Waals surface area contributed by atoms with Crippen LogP contribution in [0.4, 0.5) is 5.82 Å². The van der Waals surface area contributed by atoms with Crippen molar-refractivity contribution in [2.75, 3.05) is 19.5 Å². The van der Waals surface area contributed by atoms with Crippen LogP contribution in [0.5, 0.6) is 11.5 Å². The number of ether oxygens (including phenoxy) is 2. The Morgan fingerprint density at radius 1 is 0.923 bits per heavy atom. The van der Waals surface area contributed by atoms with Crippen molar-refractivity contribution < 1.29 is 17.9 Å². The van der Waals surface area contributed by atoms with Gasteiger partial charge in [0.1, 0.15) is 0 Å². The van der Waals surface area contributed by atoms with E-state index in [9.17, 15) is 8.42 Å². The highest BCUT2D eigenvalue weighted by atomic mass is 32.2. The third-order valence-electron chi connectivity index (χ3n) is 7.62. The van der Waals surface area contributed by atoms with Crippen molar-refractivity contribution in [3.8, 4) is 11.5 Å². The van der Waals surface area contributed by atoms with Crippen LogP contribution < -0.4 is 14.8 Å². The highest BCUT2D eigenvalue weighted by Gasteiger charge is 2.40. The Balaban J connectivity index is 1.56. The lowest BCUT2D eigenvalue weighted by molar-refractivity contribution is 0.354. The Labute approximate surface area is 229 Å². The van der Waals surface area contributed by atoms with Gasteiger partial charge in [0, 0.05) is 23.4 Å². The molecule has 1 atom stereocenters. The second-order valence-electron chi connectivity index (χ2n) is 10.2. The number of nitrogens with zero attached hydrogens (tertiary/aromatic N) is 2. The highest BCUT2D eigenvalue weighted by Crippen LogP contribution is 2.46. The topological polar surface area (TPSA) is 82.5 Å². The first-order valence-corrected chi connectivity index (χ1v) is 14.5. The van der Waals surface area contributed by atoms with Gasteiger partial charge < -0.3 is 14.8 Å². The lowest BCUT2D eigenvalue weighted by atomic mass is 9.68. The van der Waals surface area contributed by atoms with Crippen molar-refractivity contribution in [1.29, 1.82) is 0 Å². The van der Waals surface area contributed by atoms with Crippen molar-refractivity contribution >= 4 is 21.9 Å². The van der Waals surface area contributed by atoms with E-state index in [2.05, 4.69) is 28.6 Å². The van der Waals surface area contributed by atoms with Crippen molar-refractivity contribution in [3.63, 3.8) is 0 Å². The lowest BCUT2D eigenvalue weighted by Gasteiger charge is -2.35. The first-order chi connectivity index (χ1) is 18.9. The van der Waals surface area contributed by atoms with Crippen LogP contribution in [-0.4, -0.2) is 37.9 Å². The number of fused-ring (bicyclic) bond motifs is 1. The minimum Gasteiger partial charge on any atom is -0.493 e. The van der Waals surface area contributed by atoms with Crippen LogP contribution >= 0.6 is 0 Å². The van der Waals surface area contributed by atoms with Crippen LogP contribution in [0.25, 0.3) is 6.08 Å². The smallest absolute Gasteiger partial charge is 0.283 e. The molecule has 39 heavy (non-hydrogen) atoms. The van der Waals surface area contributed by atoms with Gasteiger partial charge in [-0.05, 0) is 55.2 Å². The van der Waals surface area contributed by atoms with E-state index in [-0.39, 0.29) is 4.90 Å². The highest BCUT2D eigenvalue weighted by molar-refractivity contribution is 7.89. The number of benzene rings is 3. The molecule has 2 aliphatic rings. The van der Waals surface area contributed by atoms with E-state index in [1.54, 1.807) is 26.4 Å². The molecule has 1 unspecified atom stereocenters. The van der Waals surface area contributed by atoms with Crippen LogP contribution in [-0.2, 0) is 21.9 Å². The predicted molar refractivity (Wildman–Crippen MR) is 152 cm³/mol. The molecule has 0 aliphatic heterocycles. The van der Waals surface area contributed by atoms with Gasteiger partial charge in [-0.15, -0.1) is 5.10 Å². The molecule has 7 nitrogen and oxygen atoms in total. The molecule has 1 heterocycles. The van der Waals surface area contributed by atoms with Crippen molar-refractivity contribution in [1.82, 2.24) is 9.19 Å². The zero-order chi connectivity index (χ0) is 27.2. The van der Waals surface area contributed by atoms with Crippen molar-refractivity contribution in [2.24, 2.45) is 0 Å². The summed E-state index contributed by atoms with van der Waals surface area (Å²) in [6.45, 7) is 1.94. The maximum Gasteiger partial charge on any atom is 0.283 e. The van der Waals surface area contributed by atoms with Crippen molar-refractivity contribution in [2.45, 2.75) is 42.5 Å². The largest absolute Gasteiger partial charge is 0.493 e. The van der Waals surface area contributed by atoms with E-state index in [0.717, 1.165) is 35.1 Å². The minimum absolute atomic E-state index is 0.211. The number of aromatic nitrogens is 2. The fourth-order valence-electron chi connectivity index (χ4n) is 5.28. The van der Waals surface area contributed by atoms with Crippen LogP contribution in [0, 0.1) is 6.92 Å². The Kier molecular flexibility index (Phi) is 6.22. The molecule has 1 saturated carbocycles. The Hall–Kier alpha value is -4.04. The van der Waals surface area contributed by atoms with Gasteiger partial charge in [-0.2, -0.15) is 12.5 Å². The van der Waals surface area contributed by atoms with Gasteiger partial charge >= 0.3 is 0 Å². The maximum atomic E-state index is 14.0. The molecule has 0 amide bonds. The molecule has 3 aromatic carbocycles. The fourth-order valence-corrected chi connectivity index (χ4v) is 6.60. The zero-order valence-corrected chi connectivity index (χ0v) is 23.0. The van der Waals surface area contributed by atoms with Gasteiger partial charge in [-0.25, -0.2) is 0 Å². The molecule has 0 bridgehead atoms. The SMILES string of the molecule is COc1ccc(C2(c3ccccc3)C=Cc3c(NC4CC4)nn(S(=O)(=O)c4ccc(C)cc4)c3C2)cc1OC. The van der Waals surface area contributed by atoms with Gasteiger partial charge in [0.05, 0.1) is 24.8 Å². The molecule has 0 spiro atoms. The van der Waals surface area contributed by atoms with Crippen molar-refractivity contribution in [3.05, 3.63) is 107 Å². The minimum atomic E-state index is -3.94. The standard InChI is InChI=1S/C31H31N3O4S/c1-21-9-14-25(15-10-21)39(35,36)34-27-20-31(22-7-5-4-6-8-22,23-11-16-28(37-2)29(19-23)38-3)18-17-26(27)30(33-34)32-24-12-13-24/h4-11,14-19,24H,12-13,20H2,1-3H3,(H,32,33). The number of rotatable bonds is 8. The molecule has 1 aromatic heterocycles.